The van der Waals surface area contributed by atoms with Gasteiger partial charge in [0.1, 0.15) is 5.75 Å². The Morgan fingerprint density at radius 3 is 2.56 bits per heavy atom. The maximum Gasteiger partial charge on any atom is 0.124 e. The van der Waals surface area contributed by atoms with Gasteiger partial charge in [-0.2, -0.15) is 0 Å². The fourth-order valence-corrected chi connectivity index (χ4v) is 1.83. The van der Waals surface area contributed by atoms with E-state index in [9.17, 15) is 0 Å². The molecular formula is C15H25NO2. The van der Waals surface area contributed by atoms with Crippen molar-refractivity contribution in [1.29, 1.82) is 0 Å². The molecule has 3 heteroatoms. The van der Waals surface area contributed by atoms with Gasteiger partial charge in [-0.1, -0.05) is 13.0 Å². The summed E-state index contributed by atoms with van der Waals surface area (Å²) in [5, 5.41) is 0. The summed E-state index contributed by atoms with van der Waals surface area (Å²) in [4.78, 5) is 0. The monoisotopic (exact) mass is 251 g/mol. The molecule has 0 aliphatic rings. The molecule has 102 valence electrons. The number of ether oxygens (including phenoxy) is 2. The first-order chi connectivity index (χ1) is 8.71. The van der Waals surface area contributed by atoms with Gasteiger partial charge in [0.2, 0.25) is 0 Å². The third-order valence-corrected chi connectivity index (χ3v) is 2.91. The van der Waals surface area contributed by atoms with Gasteiger partial charge < -0.3 is 15.2 Å². The van der Waals surface area contributed by atoms with Gasteiger partial charge in [-0.25, -0.2) is 0 Å². The summed E-state index contributed by atoms with van der Waals surface area (Å²) in [6.45, 7) is 8.08. The lowest BCUT2D eigenvalue weighted by Crippen LogP contribution is -2.21. The minimum atomic E-state index is 0.225. The Bertz CT molecular complexity index is 352. The highest BCUT2D eigenvalue weighted by atomic mass is 16.5. The van der Waals surface area contributed by atoms with Gasteiger partial charge in [0.15, 0.2) is 0 Å². The zero-order valence-corrected chi connectivity index (χ0v) is 11.7. The fraction of sp³-hybridized carbons (Fsp3) is 0.600. The van der Waals surface area contributed by atoms with Crippen LogP contribution in [0.5, 0.6) is 5.75 Å². The summed E-state index contributed by atoms with van der Waals surface area (Å²) >= 11 is 0. The van der Waals surface area contributed by atoms with Crippen molar-refractivity contribution in [3.05, 3.63) is 29.3 Å². The highest BCUT2D eigenvalue weighted by Gasteiger charge is 2.07. The Morgan fingerprint density at radius 1 is 1.17 bits per heavy atom. The summed E-state index contributed by atoms with van der Waals surface area (Å²) in [6, 6.07) is 6.49. The van der Waals surface area contributed by atoms with Crippen molar-refractivity contribution in [2.24, 2.45) is 5.73 Å². The van der Waals surface area contributed by atoms with Gasteiger partial charge in [-0.3, -0.25) is 0 Å². The molecule has 2 N–H and O–H groups in total. The number of hydrogen-bond acceptors (Lipinski definition) is 3. The van der Waals surface area contributed by atoms with Gasteiger partial charge in [-0.05, 0) is 44.4 Å². The quantitative estimate of drug-likeness (QED) is 0.772. The minimum Gasteiger partial charge on any atom is -0.494 e. The van der Waals surface area contributed by atoms with Crippen molar-refractivity contribution in [1.82, 2.24) is 0 Å². The average Bonchev–Trinajstić information content (AvgIpc) is 2.38. The summed E-state index contributed by atoms with van der Waals surface area (Å²) in [7, 11) is 0. The van der Waals surface area contributed by atoms with E-state index < -0.39 is 0 Å². The van der Waals surface area contributed by atoms with E-state index in [0.717, 1.165) is 24.2 Å². The largest absolute Gasteiger partial charge is 0.494 e. The van der Waals surface area contributed by atoms with Crippen LogP contribution in [0.15, 0.2) is 18.2 Å². The lowest BCUT2D eigenvalue weighted by molar-refractivity contribution is 0.131. The molecule has 0 heterocycles. The smallest absolute Gasteiger partial charge is 0.124 e. The summed E-state index contributed by atoms with van der Waals surface area (Å²) in [6.07, 6.45) is 1.90. The van der Waals surface area contributed by atoms with Crippen LogP contribution in [0.3, 0.4) is 0 Å². The maximum absolute atomic E-state index is 5.99. The Kier molecular flexibility index (Phi) is 6.76. The molecule has 1 atom stereocenters. The van der Waals surface area contributed by atoms with Crippen molar-refractivity contribution in [3.63, 3.8) is 0 Å². The second-order valence-electron chi connectivity index (χ2n) is 4.38. The number of nitrogens with two attached hydrogens (primary N) is 1. The predicted molar refractivity (Wildman–Crippen MR) is 74.9 cm³/mol. The first-order valence-corrected chi connectivity index (χ1v) is 6.79. The molecule has 0 radical (unpaired) electrons. The SMILES string of the molecule is CCOCc1cc(CC(N)CC)ccc1OCC. The molecule has 0 amide bonds. The third kappa shape index (κ3) is 4.67. The Labute approximate surface area is 110 Å². The van der Waals surface area contributed by atoms with Gasteiger partial charge in [0.05, 0.1) is 13.2 Å². The lowest BCUT2D eigenvalue weighted by atomic mass is 10.0. The first-order valence-electron chi connectivity index (χ1n) is 6.79. The van der Waals surface area contributed by atoms with Crippen LogP contribution in [-0.2, 0) is 17.8 Å². The molecule has 0 fully saturated rings. The molecular weight excluding hydrogens is 226 g/mol. The molecule has 3 nitrogen and oxygen atoms in total. The molecule has 0 spiro atoms. The number of hydrogen-bond donors (Lipinski definition) is 1. The average molecular weight is 251 g/mol. The molecule has 0 bridgehead atoms. The van der Waals surface area contributed by atoms with Crippen LogP contribution in [-0.4, -0.2) is 19.3 Å². The minimum absolute atomic E-state index is 0.225. The molecule has 1 aromatic rings. The molecule has 0 aromatic heterocycles. The molecule has 1 rings (SSSR count). The van der Waals surface area contributed by atoms with Crippen LogP contribution in [0, 0.1) is 0 Å². The van der Waals surface area contributed by atoms with Crippen LogP contribution >= 0.6 is 0 Å². The summed E-state index contributed by atoms with van der Waals surface area (Å²) in [5.41, 5.74) is 8.35. The van der Waals surface area contributed by atoms with Gasteiger partial charge in [-0.15, -0.1) is 0 Å². The van der Waals surface area contributed by atoms with Crippen LogP contribution in [0.4, 0.5) is 0 Å². The maximum atomic E-state index is 5.99. The van der Waals surface area contributed by atoms with Crippen molar-refractivity contribution >= 4 is 0 Å². The van der Waals surface area contributed by atoms with Crippen molar-refractivity contribution < 1.29 is 9.47 Å². The van der Waals surface area contributed by atoms with E-state index >= 15 is 0 Å². The van der Waals surface area contributed by atoms with Gasteiger partial charge >= 0.3 is 0 Å². The topological polar surface area (TPSA) is 44.5 Å². The van der Waals surface area contributed by atoms with E-state index in [1.807, 2.05) is 19.9 Å². The van der Waals surface area contributed by atoms with Crippen LogP contribution in [0.1, 0.15) is 38.3 Å². The Morgan fingerprint density at radius 2 is 1.94 bits per heavy atom. The van der Waals surface area contributed by atoms with Crippen LogP contribution in [0.2, 0.25) is 0 Å². The first kappa shape index (κ1) is 15.0. The Hall–Kier alpha value is -1.06. The van der Waals surface area contributed by atoms with E-state index in [0.29, 0.717) is 19.8 Å². The zero-order chi connectivity index (χ0) is 13.4. The molecule has 1 unspecified atom stereocenters. The fourth-order valence-electron chi connectivity index (χ4n) is 1.83. The van der Waals surface area contributed by atoms with E-state index in [4.69, 9.17) is 15.2 Å². The third-order valence-electron chi connectivity index (χ3n) is 2.91. The molecule has 0 saturated carbocycles. The van der Waals surface area contributed by atoms with E-state index in [2.05, 4.69) is 19.1 Å². The predicted octanol–water partition coefficient (Wildman–Crippen LogP) is 2.90. The molecule has 0 aliphatic heterocycles. The molecule has 1 aromatic carbocycles. The van der Waals surface area contributed by atoms with Gasteiger partial charge in [0.25, 0.3) is 0 Å². The number of rotatable bonds is 8. The number of benzene rings is 1. The summed E-state index contributed by atoms with van der Waals surface area (Å²) in [5.74, 6) is 0.916. The van der Waals surface area contributed by atoms with E-state index in [-0.39, 0.29) is 6.04 Å². The lowest BCUT2D eigenvalue weighted by Gasteiger charge is -2.14. The summed E-state index contributed by atoms with van der Waals surface area (Å²) < 4.78 is 11.1. The normalized spacial score (nSPS) is 12.4. The second kappa shape index (κ2) is 8.11. The van der Waals surface area contributed by atoms with Crippen molar-refractivity contribution in [3.8, 4) is 5.75 Å². The van der Waals surface area contributed by atoms with Crippen LogP contribution in [0.25, 0.3) is 0 Å². The molecule has 0 saturated heterocycles. The van der Waals surface area contributed by atoms with Crippen molar-refractivity contribution in [2.75, 3.05) is 13.2 Å². The van der Waals surface area contributed by atoms with E-state index in [1.165, 1.54) is 5.56 Å². The van der Waals surface area contributed by atoms with Crippen molar-refractivity contribution in [2.45, 2.75) is 46.3 Å². The highest BCUT2D eigenvalue weighted by molar-refractivity contribution is 5.37. The molecule has 18 heavy (non-hydrogen) atoms. The van der Waals surface area contributed by atoms with E-state index in [1.54, 1.807) is 0 Å². The Balaban J connectivity index is 2.82. The highest BCUT2D eigenvalue weighted by Crippen LogP contribution is 2.22. The van der Waals surface area contributed by atoms with Crippen LogP contribution < -0.4 is 10.5 Å². The molecule has 0 aliphatic carbocycles. The zero-order valence-electron chi connectivity index (χ0n) is 11.7. The standard InChI is InChI=1S/C15H25NO2/c1-4-14(16)10-12-7-8-15(18-6-3)13(9-12)11-17-5-2/h7-9,14H,4-6,10-11,16H2,1-3H3. The second-order valence-corrected chi connectivity index (χ2v) is 4.38. The van der Waals surface area contributed by atoms with Gasteiger partial charge in [0, 0.05) is 18.2 Å².